The van der Waals surface area contributed by atoms with Crippen LogP contribution in [0.4, 0.5) is 17.5 Å². The van der Waals surface area contributed by atoms with Gasteiger partial charge in [0.2, 0.25) is 11.9 Å². The number of nitrogens with zero attached hydrogens (tertiary/aromatic N) is 4. The van der Waals surface area contributed by atoms with Crippen molar-refractivity contribution >= 4 is 23.4 Å². The first-order valence-corrected chi connectivity index (χ1v) is 13.5. The molecule has 2 fully saturated rings. The zero-order valence-corrected chi connectivity index (χ0v) is 21.2. The van der Waals surface area contributed by atoms with Gasteiger partial charge in [-0.05, 0) is 49.3 Å². The van der Waals surface area contributed by atoms with E-state index in [0.29, 0.717) is 36.0 Å². The van der Waals surface area contributed by atoms with Crippen LogP contribution in [0.5, 0.6) is 0 Å². The van der Waals surface area contributed by atoms with E-state index in [9.17, 15) is 4.79 Å². The molecule has 5 rings (SSSR count). The Morgan fingerprint density at radius 3 is 2.51 bits per heavy atom. The molecule has 3 aromatic rings. The molecule has 1 atom stereocenters. The number of hydrogen-bond acceptors (Lipinski definition) is 5. The molecule has 0 radical (unpaired) electrons. The van der Waals surface area contributed by atoms with E-state index < -0.39 is 6.04 Å². The van der Waals surface area contributed by atoms with Crippen LogP contribution < -0.4 is 16.0 Å². The average molecular weight is 498 g/mol. The largest absolute Gasteiger partial charge is 0.358 e. The lowest BCUT2D eigenvalue weighted by molar-refractivity contribution is -0.122. The van der Waals surface area contributed by atoms with Crippen LogP contribution >= 0.6 is 0 Å². The summed E-state index contributed by atoms with van der Waals surface area (Å²) in [4.78, 5) is 26.3. The minimum atomic E-state index is -0.398. The van der Waals surface area contributed by atoms with E-state index in [1.165, 1.54) is 32.1 Å². The van der Waals surface area contributed by atoms with Crippen molar-refractivity contribution < 1.29 is 4.79 Å². The van der Waals surface area contributed by atoms with Crippen molar-refractivity contribution in [1.82, 2.24) is 19.9 Å². The van der Waals surface area contributed by atoms with Crippen molar-refractivity contribution in [3.05, 3.63) is 71.8 Å². The molecule has 0 spiro atoms. The van der Waals surface area contributed by atoms with Crippen LogP contribution in [0.2, 0.25) is 0 Å². The Balaban J connectivity index is 1.32. The van der Waals surface area contributed by atoms with Crippen LogP contribution in [0, 0.1) is 12.5 Å². The second kappa shape index (κ2) is 11.9. The third kappa shape index (κ3) is 7.10. The molecular formula is C29H35N7O. The van der Waals surface area contributed by atoms with Gasteiger partial charge in [-0.15, -0.1) is 0 Å². The Kier molecular flexibility index (Phi) is 7.99. The number of carbonyl (C=O) groups excluding carboxylic acids is 1. The number of rotatable bonds is 11. The van der Waals surface area contributed by atoms with Crippen molar-refractivity contribution in [2.24, 2.45) is 5.92 Å². The van der Waals surface area contributed by atoms with Crippen LogP contribution in [-0.2, 0) is 11.3 Å². The molecule has 1 amide bonds. The maximum absolute atomic E-state index is 13.4. The summed E-state index contributed by atoms with van der Waals surface area (Å²) >= 11 is 0. The van der Waals surface area contributed by atoms with Crippen LogP contribution in [0.3, 0.4) is 0 Å². The third-order valence-electron chi connectivity index (χ3n) is 7.25. The lowest BCUT2D eigenvalue weighted by atomic mass is 9.85. The monoisotopic (exact) mass is 497 g/mol. The van der Waals surface area contributed by atoms with Gasteiger partial charge in [-0.25, -0.2) is 4.85 Å². The number of hydrogen-bond donors (Lipinski definition) is 3. The normalized spacial score (nSPS) is 16.5. The molecule has 0 aliphatic heterocycles. The van der Waals surface area contributed by atoms with E-state index in [0.717, 1.165) is 37.1 Å². The smallest absolute Gasteiger partial charge is 0.242 e. The van der Waals surface area contributed by atoms with Gasteiger partial charge in [-0.2, -0.15) is 9.97 Å². The quantitative estimate of drug-likeness (QED) is 0.289. The van der Waals surface area contributed by atoms with E-state index in [4.69, 9.17) is 16.5 Å². The van der Waals surface area contributed by atoms with Gasteiger partial charge >= 0.3 is 0 Å². The Hall–Kier alpha value is -3.86. The summed E-state index contributed by atoms with van der Waals surface area (Å²) in [6.07, 6.45) is 14.4. The van der Waals surface area contributed by atoms with E-state index in [1.54, 1.807) is 12.1 Å². The first kappa shape index (κ1) is 24.8. The molecule has 2 saturated carbocycles. The van der Waals surface area contributed by atoms with Gasteiger partial charge in [0, 0.05) is 31.0 Å². The molecule has 2 aromatic heterocycles. The highest BCUT2D eigenvalue weighted by Crippen LogP contribution is 2.29. The summed E-state index contributed by atoms with van der Waals surface area (Å²) in [6, 6.07) is 13.2. The zero-order valence-electron chi connectivity index (χ0n) is 21.2. The predicted molar refractivity (Wildman–Crippen MR) is 146 cm³/mol. The van der Waals surface area contributed by atoms with Gasteiger partial charge in [0.25, 0.3) is 0 Å². The molecule has 8 nitrogen and oxygen atoms in total. The van der Waals surface area contributed by atoms with Crippen LogP contribution in [-0.4, -0.2) is 32.5 Å². The summed E-state index contributed by atoms with van der Waals surface area (Å²) in [7, 11) is 0. The molecule has 192 valence electrons. The maximum atomic E-state index is 13.4. The number of amides is 1. The lowest BCUT2D eigenvalue weighted by Gasteiger charge is -2.25. The fourth-order valence-electron chi connectivity index (χ4n) is 4.93. The Bertz CT molecular complexity index is 1210. The molecular weight excluding hydrogens is 462 g/mol. The molecule has 2 aliphatic carbocycles. The Labute approximate surface area is 218 Å². The molecule has 3 N–H and O–H groups in total. The van der Waals surface area contributed by atoms with E-state index in [-0.39, 0.29) is 5.91 Å². The highest BCUT2D eigenvalue weighted by molar-refractivity contribution is 5.84. The molecule has 8 heteroatoms. The van der Waals surface area contributed by atoms with Gasteiger partial charge < -0.3 is 20.5 Å². The predicted octanol–water partition coefficient (Wildman–Crippen LogP) is 5.85. The van der Waals surface area contributed by atoms with E-state index in [2.05, 4.69) is 20.8 Å². The maximum Gasteiger partial charge on any atom is 0.242 e. The fraction of sp³-hybridized carbons (Fsp3) is 0.448. The SMILES string of the molecule is [C-]#[N+]c1ccc(CNC(=O)[C@@H](CCC2CCCCC2)Nc2cc(-n3cccc3)nc(NC3CC3)n2)cc1. The summed E-state index contributed by atoms with van der Waals surface area (Å²) in [6.45, 7) is 7.55. The molecule has 1 aromatic carbocycles. The minimum Gasteiger partial charge on any atom is -0.358 e. The van der Waals surface area contributed by atoms with Crippen molar-refractivity contribution in [2.75, 3.05) is 10.6 Å². The van der Waals surface area contributed by atoms with Crippen molar-refractivity contribution in [3.8, 4) is 5.82 Å². The third-order valence-corrected chi connectivity index (χ3v) is 7.25. The lowest BCUT2D eigenvalue weighted by Crippen LogP contribution is -2.40. The first-order valence-electron chi connectivity index (χ1n) is 13.5. The van der Waals surface area contributed by atoms with E-state index >= 15 is 0 Å². The van der Waals surface area contributed by atoms with Gasteiger partial charge in [0.1, 0.15) is 17.7 Å². The standard InChI is InChI=1S/C29H35N7O/c1-30-23-12-9-22(10-13-23)20-31-28(37)25(16-11-21-7-3-2-4-8-21)33-26-19-27(36-17-5-6-18-36)35-29(34-26)32-24-14-15-24/h5-6,9-10,12-13,17-19,21,24-25H,2-4,7-8,11,14-16,20H2,(H,31,37)(H2,32,33,34,35)/t25-/m1/s1. The van der Waals surface area contributed by atoms with Crippen LogP contribution in [0.1, 0.15) is 63.4 Å². The first-order chi connectivity index (χ1) is 18.2. The molecule has 0 unspecified atom stereocenters. The second-order valence-electron chi connectivity index (χ2n) is 10.2. The van der Waals surface area contributed by atoms with E-state index in [1.807, 2.05) is 47.3 Å². The van der Waals surface area contributed by atoms with Crippen molar-refractivity contribution in [3.63, 3.8) is 0 Å². The second-order valence-corrected chi connectivity index (χ2v) is 10.2. The van der Waals surface area contributed by atoms with Gasteiger partial charge in [-0.3, -0.25) is 4.79 Å². The number of anilines is 2. The van der Waals surface area contributed by atoms with Gasteiger partial charge in [0.15, 0.2) is 5.69 Å². The summed E-state index contributed by atoms with van der Waals surface area (Å²) in [5, 5.41) is 9.96. The zero-order chi connectivity index (χ0) is 25.5. The Morgan fingerprint density at radius 1 is 1.05 bits per heavy atom. The Morgan fingerprint density at radius 2 is 1.81 bits per heavy atom. The van der Waals surface area contributed by atoms with Crippen LogP contribution in [0.25, 0.3) is 10.7 Å². The van der Waals surface area contributed by atoms with Crippen LogP contribution in [0.15, 0.2) is 54.9 Å². The van der Waals surface area contributed by atoms with Gasteiger partial charge in [0.05, 0.1) is 6.57 Å². The highest BCUT2D eigenvalue weighted by Gasteiger charge is 2.25. The average Bonchev–Trinajstić information content (AvgIpc) is 3.57. The topological polar surface area (TPSA) is 88.2 Å². The van der Waals surface area contributed by atoms with Crippen molar-refractivity contribution in [1.29, 1.82) is 0 Å². The molecule has 2 heterocycles. The minimum absolute atomic E-state index is 0.0390. The molecule has 37 heavy (non-hydrogen) atoms. The number of nitrogens with one attached hydrogen (secondary N) is 3. The summed E-state index contributed by atoms with van der Waals surface area (Å²) in [5.41, 5.74) is 1.57. The summed E-state index contributed by atoms with van der Waals surface area (Å²) < 4.78 is 1.95. The molecule has 0 saturated heterocycles. The number of carbonyl (C=O) groups is 1. The molecule has 2 aliphatic rings. The fourth-order valence-corrected chi connectivity index (χ4v) is 4.93. The number of aromatic nitrogens is 3. The number of benzene rings is 1. The highest BCUT2D eigenvalue weighted by atomic mass is 16.2. The summed E-state index contributed by atoms with van der Waals surface area (Å²) in [5.74, 6) is 2.63. The molecule has 0 bridgehead atoms. The van der Waals surface area contributed by atoms with Gasteiger partial charge in [-0.1, -0.05) is 56.4 Å². The van der Waals surface area contributed by atoms with Crippen molar-refractivity contribution in [2.45, 2.75) is 76.4 Å².